The molecule has 0 radical (unpaired) electrons. The highest BCUT2D eigenvalue weighted by Crippen LogP contribution is 1.91. The van der Waals surface area contributed by atoms with E-state index in [0.29, 0.717) is 0 Å². The molecule has 1 atom stereocenters. The van der Waals surface area contributed by atoms with Crippen molar-refractivity contribution in [3.63, 3.8) is 0 Å². The van der Waals surface area contributed by atoms with Crippen molar-refractivity contribution in [1.82, 2.24) is 0 Å². The van der Waals surface area contributed by atoms with Crippen LogP contribution in [0.4, 0.5) is 0 Å². The predicted molar refractivity (Wildman–Crippen MR) is 31.6 cm³/mol. The summed E-state index contributed by atoms with van der Waals surface area (Å²) in [4.78, 5) is 0. The molecule has 0 saturated heterocycles. The summed E-state index contributed by atoms with van der Waals surface area (Å²) in [5.41, 5.74) is 11.6. The van der Waals surface area contributed by atoms with Gasteiger partial charge >= 0.3 is 0 Å². The first kappa shape index (κ1) is 6.50. The van der Waals surface area contributed by atoms with Gasteiger partial charge in [-0.25, -0.2) is 0 Å². The van der Waals surface area contributed by atoms with Crippen molar-refractivity contribution < 1.29 is 0 Å². The molecule has 0 spiro atoms. The average Bonchev–Trinajstić information content (AvgIpc) is 1.65. The van der Waals surface area contributed by atoms with Crippen molar-refractivity contribution >= 4 is 0 Å². The van der Waals surface area contributed by atoms with E-state index in [1.165, 1.54) is 6.20 Å². The van der Waals surface area contributed by atoms with E-state index in [1.54, 1.807) is 0 Å². The minimum absolute atomic E-state index is 0.102. The molecule has 42 valence electrons. The Balaban J connectivity index is 3.56. The highest BCUT2D eigenvalue weighted by Gasteiger charge is 1.91. The molecule has 0 fully saturated rings. The molecular weight excluding hydrogens is 88.1 g/mol. The maximum atomic E-state index is 5.40. The van der Waals surface area contributed by atoms with E-state index < -0.39 is 0 Å². The van der Waals surface area contributed by atoms with Crippen LogP contribution in [-0.2, 0) is 0 Å². The summed E-state index contributed by atoms with van der Waals surface area (Å²) in [7, 11) is 0. The van der Waals surface area contributed by atoms with Crippen LogP contribution in [0.1, 0.15) is 13.8 Å². The lowest BCUT2D eigenvalue weighted by molar-refractivity contribution is 0.856. The maximum absolute atomic E-state index is 5.40. The molecule has 0 aromatic rings. The molecule has 2 heteroatoms. The first-order valence-electron chi connectivity index (χ1n) is 2.32. The van der Waals surface area contributed by atoms with Crippen molar-refractivity contribution in [2.75, 3.05) is 0 Å². The Labute approximate surface area is 44.2 Å². The minimum Gasteiger partial charge on any atom is -0.405 e. The Kier molecular flexibility index (Phi) is 2.45. The Hall–Kier alpha value is -0.500. The van der Waals surface area contributed by atoms with Gasteiger partial charge in [0.2, 0.25) is 0 Å². The van der Waals surface area contributed by atoms with Gasteiger partial charge in [0.1, 0.15) is 0 Å². The van der Waals surface area contributed by atoms with E-state index in [9.17, 15) is 0 Å². The van der Waals surface area contributed by atoms with E-state index >= 15 is 0 Å². The lowest BCUT2D eigenvalue weighted by atomic mass is 10.2. The molecule has 0 aliphatic rings. The van der Waals surface area contributed by atoms with Crippen LogP contribution in [-0.4, -0.2) is 6.04 Å². The van der Waals surface area contributed by atoms with Crippen LogP contribution in [0.5, 0.6) is 0 Å². The van der Waals surface area contributed by atoms with Crippen LogP contribution in [0, 0.1) is 0 Å². The molecule has 2 nitrogen and oxygen atoms in total. The summed E-state index contributed by atoms with van der Waals surface area (Å²) in [5.74, 6) is 0. The zero-order valence-corrected chi connectivity index (χ0v) is 4.81. The first-order chi connectivity index (χ1) is 3.18. The lowest BCUT2D eigenvalue weighted by Crippen LogP contribution is -2.16. The van der Waals surface area contributed by atoms with Gasteiger partial charge < -0.3 is 11.5 Å². The lowest BCUT2D eigenvalue weighted by Gasteiger charge is -2.00. The fourth-order valence-electron chi connectivity index (χ4n) is 0.152. The van der Waals surface area contributed by atoms with Gasteiger partial charge in [-0.3, -0.25) is 0 Å². The second-order valence-electron chi connectivity index (χ2n) is 1.70. The topological polar surface area (TPSA) is 52.0 Å². The Morgan fingerprint density at radius 2 is 2.14 bits per heavy atom. The van der Waals surface area contributed by atoms with Crippen molar-refractivity contribution in [1.29, 1.82) is 0 Å². The van der Waals surface area contributed by atoms with E-state index in [4.69, 9.17) is 11.5 Å². The van der Waals surface area contributed by atoms with Gasteiger partial charge in [0, 0.05) is 6.04 Å². The Bertz CT molecular complexity index is 74.1. The molecule has 4 N–H and O–H groups in total. The summed E-state index contributed by atoms with van der Waals surface area (Å²) in [6.45, 7) is 3.81. The largest absolute Gasteiger partial charge is 0.405 e. The predicted octanol–water partition coefficient (Wildman–Crippen LogP) is 0.196. The molecule has 7 heavy (non-hydrogen) atoms. The van der Waals surface area contributed by atoms with Crippen LogP contribution in [0.3, 0.4) is 0 Å². The minimum atomic E-state index is 0.102. The molecule has 0 aromatic heterocycles. The van der Waals surface area contributed by atoms with Crippen LogP contribution in [0.15, 0.2) is 11.8 Å². The maximum Gasteiger partial charge on any atom is 0.0239 e. The second kappa shape index (κ2) is 2.64. The Morgan fingerprint density at radius 1 is 1.71 bits per heavy atom. The summed E-state index contributed by atoms with van der Waals surface area (Å²) in [5, 5.41) is 0. The van der Waals surface area contributed by atoms with Crippen LogP contribution < -0.4 is 11.5 Å². The molecular formula is C5H12N2. The summed E-state index contributed by atoms with van der Waals surface area (Å²) in [6, 6.07) is 0.102. The zero-order chi connectivity index (χ0) is 5.86. The summed E-state index contributed by atoms with van der Waals surface area (Å²) in [6.07, 6.45) is 1.53. The molecule has 0 heterocycles. The molecule has 0 aromatic carbocycles. The second-order valence-corrected chi connectivity index (χ2v) is 1.70. The van der Waals surface area contributed by atoms with Gasteiger partial charge in [-0.05, 0) is 25.6 Å². The van der Waals surface area contributed by atoms with Crippen molar-refractivity contribution in [3.05, 3.63) is 11.8 Å². The zero-order valence-electron chi connectivity index (χ0n) is 4.81. The van der Waals surface area contributed by atoms with Gasteiger partial charge in [-0.2, -0.15) is 0 Å². The van der Waals surface area contributed by atoms with Crippen molar-refractivity contribution in [3.8, 4) is 0 Å². The third-order valence-electron chi connectivity index (χ3n) is 0.981. The number of nitrogens with two attached hydrogens (primary N) is 2. The van der Waals surface area contributed by atoms with Gasteiger partial charge in [-0.1, -0.05) is 0 Å². The number of rotatable bonds is 1. The molecule has 0 aliphatic carbocycles. The van der Waals surface area contributed by atoms with E-state index in [-0.39, 0.29) is 6.04 Å². The van der Waals surface area contributed by atoms with E-state index in [0.717, 1.165) is 5.57 Å². The van der Waals surface area contributed by atoms with Crippen molar-refractivity contribution in [2.24, 2.45) is 11.5 Å². The summed E-state index contributed by atoms with van der Waals surface area (Å²) < 4.78 is 0. The number of hydrogen-bond donors (Lipinski definition) is 2. The van der Waals surface area contributed by atoms with Gasteiger partial charge in [-0.15, -0.1) is 0 Å². The van der Waals surface area contributed by atoms with Crippen molar-refractivity contribution in [2.45, 2.75) is 19.9 Å². The molecule has 0 rings (SSSR count). The van der Waals surface area contributed by atoms with Crippen LogP contribution in [0.2, 0.25) is 0 Å². The first-order valence-corrected chi connectivity index (χ1v) is 2.32. The quantitative estimate of drug-likeness (QED) is 0.494. The molecule has 0 aliphatic heterocycles. The third kappa shape index (κ3) is 2.23. The monoisotopic (exact) mass is 100 g/mol. The molecule has 0 saturated carbocycles. The van der Waals surface area contributed by atoms with Gasteiger partial charge in [0.15, 0.2) is 0 Å². The average molecular weight is 100 g/mol. The standard InChI is InChI=1S/C5H12N2/c1-4(3-6)5(2)7/h3,5H,6-7H2,1-2H3/b4-3-. The third-order valence-corrected chi connectivity index (χ3v) is 0.981. The van der Waals surface area contributed by atoms with Crippen LogP contribution >= 0.6 is 0 Å². The molecule has 1 unspecified atom stereocenters. The van der Waals surface area contributed by atoms with E-state index in [2.05, 4.69) is 0 Å². The fraction of sp³-hybridized carbons (Fsp3) is 0.600. The summed E-state index contributed by atoms with van der Waals surface area (Å²) >= 11 is 0. The normalized spacial score (nSPS) is 16.7. The fourth-order valence-corrected chi connectivity index (χ4v) is 0.152. The molecule has 0 amide bonds. The van der Waals surface area contributed by atoms with E-state index in [1.807, 2.05) is 13.8 Å². The highest BCUT2D eigenvalue weighted by molar-refractivity contribution is 5.01. The number of hydrogen-bond acceptors (Lipinski definition) is 2. The SMILES string of the molecule is C/C(=C/N)C(C)N. The molecule has 0 bridgehead atoms. The highest BCUT2D eigenvalue weighted by atomic mass is 14.6. The van der Waals surface area contributed by atoms with Gasteiger partial charge in [0.05, 0.1) is 0 Å². The smallest absolute Gasteiger partial charge is 0.0239 e. The van der Waals surface area contributed by atoms with Crippen LogP contribution in [0.25, 0.3) is 0 Å². The van der Waals surface area contributed by atoms with Gasteiger partial charge in [0.25, 0.3) is 0 Å². The Morgan fingerprint density at radius 3 is 2.14 bits per heavy atom.